The first-order valence-corrected chi connectivity index (χ1v) is 31.5. The number of imidazole rings is 2. The molecule has 0 aliphatic carbocycles. The second-order valence-electron chi connectivity index (χ2n) is 23.5. The Hall–Kier alpha value is -11.1. The second kappa shape index (κ2) is 26.0. The van der Waals surface area contributed by atoms with Crippen molar-refractivity contribution in [3.05, 3.63) is 328 Å². The number of aromatic nitrogens is 8. The molecule has 0 N–H and O–H groups in total. The number of hydrogen-bond acceptors (Lipinski definition) is 4. The number of para-hydroxylation sites is 2. The van der Waals surface area contributed by atoms with Crippen LogP contribution in [0, 0.1) is 24.3 Å². The van der Waals surface area contributed by atoms with Crippen molar-refractivity contribution in [2.24, 2.45) is 14.1 Å². The van der Waals surface area contributed by atoms with Crippen LogP contribution in [0.5, 0.6) is 0 Å². The Balaban J connectivity index is 0.000000154. The molecule has 460 valence electrons. The molecule has 10 heteroatoms. The van der Waals surface area contributed by atoms with Gasteiger partial charge in [-0.3, -0.25) is 9.97 Å². The van der Waals surface area contributed by atoms with Crippen molar-refractivity contribution >= 4 is 65.7 Å². The zero-order chi connectivity index (χ0) is 62.6. The quantitative estimate of drug-likeness (QED) is 0.128. The smallest absolute Gasteiger partial charge is 0.367 e. The van der Waals surface area contributed by atoms with E-state index in [2.05, 4.69) is 309 Å². The van der Waals surface area contributed by atoms with Crippen LogP contribution in [0.25, 0.3) is 167 Å². The Morgan fingerprint density at radius 2 is 0.708 bits per heavy atom. The summed E-state index contributed by atoms with van der Waals surface area (Å²) in [6.45, 7) is 0. The molecule has 18 aromatic rings. The minimum Gasteiger partial charge on any atom is -0.367 e. The van der Waals surface area contributed by atoms with Gasteiger partial charge in [-0.2, -0.15) is 0 Å². The van der Waals surface area contributed by atoms with Crippen molar-refractivity contribution in [2.75, 3.05) is 0 Å². The first-order chi connectivity index (χ1) is 46.5. The SMILES string of the molecule is Cn1c(-c2[c-]c3c(cc2-c2ccccc2)c2ccccc2n3-c2[c-]c(-c3ccccn3)ccc2)nc2cc(-c3ccccc3)ccc21.Cn1c(-c2[c-]c3c(cc2-c2ccccc2)c2ccccc2n3-c2[c-]c(-c3ccccn3)ccc2)nc2ccc(-c3ccccc3)cc21.[Pt+2].[Pt+2]. The van der Waals surface area contributed by atoms with E-state index in [4.69, 9.17) is 9.97 Å². The molecule has 96 heavy (non-hydrogen) atoms. The molecule has 8 nitrogen and oxygen atoms in total. The van der Waals surface area contributed by atoms with E-state index in [9.17, 15) is 0 Å². The molecule has 0 aliphatic rings. The largest absolute Gasteiger partial charge is 2.00 e. The van der Waals surface area contributed by atoms with E-state index in [1.54, 1.807) is 0 Å². The maximum Gasteiger partial charge on any atom is 2.00 e. The molecule has 0 amide bonds. The van der Waals surface area contributed by atoms with Gasteiger partial charge in [0.15, 0.2) is 0 Å². The molecular formula is C86H56N8Pt2. The molecule has 0 atom stereocenters. The molecule has 0 fully saturated rings. The fraction of sp³-hybridized carbons (Fsp3) is 0.0233. The predicted octanol–water partition coefficient (Wildman–Crippen LogP) is 20.7. The predicted molar refractivity (Wildman–Crippen MR) is 385 cm³/mol. The van der Waals surface area contributed by atoms with Crippen LogP contribution >= 0.6 is 0 Å². The van der Waals surface area contributed by atoms with Gasteiger partial charge < -0.3 is 28.2 Å². The standard InChI is InChI=1S/2C43H28N4.2Pt/c1-46-41-23-22-31(29-13-4-2-5-14-29)26-39(41)45-43(46)37-28-42-36(27-35(37)30-15-6-3-7-16-30)34-19-8-9-21-40(34)47(42)33-18-12-17-32(25-33)38-20-10-11-24-44-38;1-46-42-26-31(29-13-4-2-5-14-29)22-23-39(42)45-43(46)37-28-41-36(27-35(37)30-15-6-3-7-16-30)34-19-8-9-21-40(34)47(41)33-18-12-17-32(25-33)38-20-10-11-24-44-38;;/h2*2-24,26-27H,1H3;;/q2*-2;2*+2. The van der Waals surface area contributed by atoms with Crippen LogP contribution < -0.4 is 0 Å². The number of hydrogen-bond donors (Lipinski definition) is 0. The van der Waals surface area contributed by atoms with Crippen molar-refractivity contribution in [2.45, 2.75) is 0 Å². The number of benzene rings is 12. The second-order valence-corrected chi connectivity index (χ2v) is 23.5. The van der Waals surface area contributed by atoms with Gasteiger partial charge in [0.25, 0.3) is 0 Å². The summed E-state index contributed by atoms with van der Waals surface area (Å²) in [6.07, 6.45) is 3.64. The maximum atomic E-state index is 5.28. The average molecular weight is 1590 g/mol. The van der Waals surface area contributed by atoms with Crippen molar-refractivity contribution in [1.82, 2.24) is 38.2 Å². The van der Waals surface area contributed by atoms with Crippen molar-refractivity contribution in [1.29, 1.82) is 0 Å². The van der Waals surface area contributed by atoms with Gasteiger partial charge in [0.2, 0.25) is 0 Å². The molecule has 6 aromatic heterocycles. The maximum absolute atomic E-state index is 5.28. The fourth-order valence-corrected chi connectivity index (χ4v) is 13.4. The summed E-state index contributed by atoms with van der Waals surface area (Å²) < 4.78 is 8.93. The van der Waals surface area contributed by atoms with Gasteiger partial charge >= 0.3 is 42.1 Å². The van der Waals surface area contributed by atoms with Gasteiger partial charge in [0.05, 0.1) is 33.7 Å². The van der Waals surface area contributed by atoms with Crippen LogP contribution in [0.2, 0.25) is 0 Å². The minimum absolute atomic E-state index is 0. The normalized spacial score (nSPS) is 11.3. The Morgan fingerprint density at radius 1 is 0.292 bits per heavy atom. The third kappa shape index (κ3) is 11.0. The van der Waals surface area contributed by atoms with E-state index < -0.39 is 0 Å². The average Bonchev–Trinajstić information content (AvgIpc) is 1.57. The van der Waals surface area contributed by atoms with Gasteiger partial charge in [0, 0.05) is 37.5 Å². The van der Waals surface area contributed by atoms with Crippen LogP contribution in [0.4, 0.5) is 0 Å². The molecule has 6 heterocycles. The van der Waals surface area contributed by atoms with E-state index in [-0.39, 0.29) is 42.1 Å². The van der Waals surface area contributed by atoms with E-state index in [0.717, 1.165) is 150 Å². The molecule has 0 bridgehead atoms. The number of aryl methyl sites for hydroxylation is 2. The Kier molecular flexibility index (Phi) is 16.5. The van der Waals surface area contributed by atoms with Crippen LogP contribution in [0.1, 0.15) is 0 Å². The Morgan fingerprint density at radius 3 is 1.19 bits per heavy atom. The monoisotopic (exact) mass is 1590 g/mol. The topological polar surface area (TPSA) is 71.3 Å². The zero-order valence-corrected chi connectivity index (χ0v) is 56.6. The van der Waals surface area contributed by atoms with Crippen LogP contribution in [-0.2, 0) is 56.2 Å². The summed E-state index contributed by atoms with van der Waals surface area (Å²) in [7, 11) is 4.20. The van der Waals surface area contributed by atoms with Crippen LogP contribution in [0.3, 0.4) is 0 Å². The van der Waals surface area contributed by atoms with Gasteiger partial charge in [-0.15, -0.1) is 83.9 Å². The van der Waals surface area contributed by atoms with Gasteiger partial charge in [-0.25, -0.2) is 0 Å². The Labute approximate surface area is 584 Å². The number of fused-ring (bicyclic) bond motifs is 8. The first-order valence-electron chi connectivity index (χ1n) is 31.5. The summed E-state index contributed by atoms with van der Waals surface area (Å²) in [5, 5.41) is 4.59. The van der Waals surface area contributed by atoms with Crippen molar-refractivity contribution < 1.29 is 42.1 Å². The molecule has 18 rings (SSSR count). The van der Waals surface area contributed by atoms with Crippen molar-refractivity contribution in [3.63, 3.8) is 0 Å². The molecule has 0 saturated carbocycles. The first kappa shape index (κ1) is 61.1. The fourth-order valence-electron chi connectivity index (χ4n) is 13.4. The Bertz CT molecular complexity index is 5620. The van der Waals surface area contributed by atoms with E-state index in [1.165, 1.54) is 16.7 Å². The molecule has 0 spiro atoms. The van der Waals surface area contributed by atoms with Crippen LogP contribution in [0.15, 0.2) is 304 Å². The van der Waals surface area contributed by atoms with Crippen LogP contribution in [-0.4, -0.2) is 38.2 Å². The molecule has 0 radical (unpaired) electrons. The number of rotatable bonds is 10. The van der Waals surface area contributed by atoms with E-state index >= 15 is 0 Å². The van der Waals surface area contributed by atoms with Gasteiger partial charge in [0.1, 0.15) is 0 Å². The molecule has 0 aliphatic heterocycles. The van der Waals surface area contributed by atoms with E-state index in [0.29, 0.717) is 0 Å². The molecular weight excluding hydrogens is 1540 g/mol. The molecule has 0 saturated heterocycles. The van der Waals surface area contributed by atoms with Crippen molar-refractivity contribution in [3.8, 4) is 101 Å². The van der Waals surface area contributed by atoms with Gasteiger partial charge in [-0.05, 0) is 115 Å². The third-order valence-corrected chi connectivity index (χ3v) is 17.9. The number of pyridine rings is 2. The summed E-state index contributed by atoms with van der Waals surface area (Å²) >= 11 is 0. The minimum atomic E-state index is 0. The molecule has 12 aromatic carbocycles. The number of nitrogens with zero attached hydrogens (tertiary/aromatic N) is 8. The third-order valence-electron chi connectivity index (χ3n) is 17.9. The molecule has 0 unspecified atom stereocenters. The summed E-state index contributed by atoms with van der Waals surface area (Å²) in [5.41, 5.74) is 24.8. The summed E-state index contributed by atoms with van der Waals surface area (Å²) in [4.78, 5) is 19.7. The summed E-state index contributed by atoms with van der Waals surface area (Å²) in [6, 6.07) is 116. The van der Waals surface area contributed by atoms with E-state index in [1.807, 2.05) is 60.9 Å². The van der Waals surface area contributed by atoms with Gasteiger partial charge in [-0.1, -0.05) is 238 Å². The summed E-state index contributed by atoms with van der Waals surface area (Å²) in [5.74, 6) is 1.74. The zero-order valence-electron chi connectivity index (χ0n) is 52.1.